The van der Waals surface area contributed by atoms with Crippen LogP contribution in [-0.4, -0.2) is 35.1 Å². The number of hydrogen-bond acceptors (Lipinski definition) is 5. The Bertz CT molecular complexity index is 1270. The summed E-state index contributed by atoms with van der Waals surface area (Å²) in [6.07, 6.45) is 0. The average Bonchev–Trinajstić information content (AvgIpc) is 2.80. The normalized spacial score (nSPS) is 11.1. The fourth-order valence-electron chi connectivity index (χ4n) is 2.95. The molecule has 3 aromatic carbocycles. The third kappa shape index (κ3) is 5.50. The van der Waals surface area contributed by atoms with Crippen LogP contribution in [0.5, 0.6) is 11.5 Å². The van der Waals surface area contributed by atoms with Crippen molar-refractivity contribution in [3.63, 3.8) is 0 Å². The highest BCUT2D eigenvalue weighted by atomic mass is 35.5. The van der Waals surface area contributed by atoms with Crippen LogP contribution in [0.15, 0.2) is 65.6 Å². The van der Waals surface area contributed by atoms with Crippen molar-refractivity contribution in [3.05, 3.63) is 76.5 Å². The lowest BCUT2D eigenvalue weighted by Crippen LogP contribution is -2.38. The molecule has 3 rings (SSSR count). The van der Waals surface area contributed by atoms with Crippen molar-refractivity contribution >= 4 is 50.5 Å². The molecule has 11 heteroatoms. The number of carbonyl (C=O) groups excluding carboxylic acids is 1. The monoisotopic (exact) mass is 512 g/mol. The van der Waals surface area contributed by atoms with Crippen LogP contribution < -0.4 is 19.1 Å². The van der Waals surface area contributed by atoms with Crippen LogP contribution >= 0.6 is 23.2 Å². The van der Waals surface area contributed by atoms with Crippen LogP contribution in [0.1, 0.15) is 0 Å². The molecular weight excluding hydrogens is 494 g/mol. The summed E-state index contributed by atoms with van der Waals surface area (Å²) in [7, 11) is -1.49. The van der Waals surface area contributed by atoms with E-state index < -0.39 is 28.3 Å². The predicted octanol–water partition coefficient (Wildman–Crippen LogP) is 4.98. The second-order valence-electron chi connectivity index (χ2n) is 6.65. The summed E-state index contributed by atoms with van der Waals surface area (Å²) in [5.41, 5.74) is 0.301. The molecule has 33 heavy (non-hydrogen) atoms. The minimum absolute atomic E-state index is 0.0820. The van der Waals surface area contributed by atoms with Gasteiger partial charge in [-0.05, 0) is 48.5 Å². The number of carbonyl (C=O) groups is 1. The number of anilines is 2. The molecule has 0 spiro atoms. The van der Waals surface area contributed by atoms with Crippen LogP contribution in [0.2, 0.25) is 10.0 Å². The molecular formula is C22H19Cl2FN2O5S. The third-order valence-electron chi connectivity index (χ3n) is 4.57. The van der Waals surface area contributed by atoms with Gasteiger partial charge in [0.1, 0.15) is 12.4 Å². The quantitative estimate of drug-likeness (QED) is 0.459. The molecule has 0 aliphatic heterocycles. The van der Waals surface area contributed by atoms with Crippen LogP contribution in [0.3, 0.4) is 0 Å². The van der Waals surface area contributed by atoms with Gasteiger partial charge in [-0.25, -0.2) is 12.8 Å². The molecule has 7 nitrogen and oxygen atoms in total. The van der Waals surface area contributed by atoms with Crippen molar-refractivity contribution in [2.45, 2.75) is 4.90 Å². The van der Waals surface area contributed by atoms with Crippen LogP contribution in [0.4, 0.5) is 15.8 Å². The second-order valence-corrected chi connectivity index (χ2v) is 9.30. The van der Waals surface area contributed by atoms with Crippen LogP contribution in [0, 0.1) is 5.82 Å². The first-order chi connectivity index (χ1) is 15.7. The van der Waals surface area contributed by atoms with Gasteiger partial charge in [0.25, 0.3) is 10.0 Å². The largest absolute Gasteiger partial charge is 0.493 e. The SMILES string of the molecule is COc1ccc(S(=O)(=O)N(CC(=O)Nc2cccc(Cl)c2Cl)c2ccc(F)cc2)cc1OC. The first kappa shape index (κ1) is 24.6. The van der Waals surface area contributed by atoms with Gasteiger partial charge in [0, 0.05) is 6.07 Å². The maximum Gasteiger partial charge on any atom is 0.264 e. The average molecular weight is 513 g/mol. The highest BCUT2D eigenvalue weighted by Crippen LogP contribution is 2.33. The molecule has 1 N–H and O–H groups in total. The topological polar surface area (TPSA) is 84.9 Å². The first-order valence-corrected chi connectivity index (χ1v) is 11.6. The van der Waals surface area contributed by atoms with E-state index in [1.807, 2.05) is 0 Å². The number of rotatable bonds is 8. The summed E-state index contributed by atoms with van der Waals surface area (Å²) in [5.74, 6) is -0.726. The maximum absolute atomic E-state index is 13.5. The Hall–Kier alpha value is -3.01. The Morgan fingerprint density at radius 3 is 2.30 bits per heavy atom. The number of ether oxygens (including phenoxy) is 2. The minimum Gasteiger partial charge on any atom is -0.493 e. The van der Waals surface area contributed by atoms with Gasteiger partial charge < -0.3 is 14.8 Å². The van der Waals surface area contributed by atoms with E-state index in [0.29, 0.717) is 5.75 Å². The fraction of sp³-hybridized carbons (Fsp3) is 0.136. The number of methoxy groups -OCH3 is 2. The second kappa shape index (κ2) is 10.3. The molecule has 0 fully saturated rings. The first-order valence-electron chi connectivity index (χ1n) is 9.41. The van der Waals surface area contributed by atoms with Gasteiger partial charge in [-0.2, -0.15) is 0 Å². The van der Waals surface area contributed by atoms with Gasteiger partial charge in [-0.1, -0.05) is 29.3 Å². The van der Waals surface area contributed by atoms with Gasteiger partial charge in [-0.3, -0.25) is 9.10 Å². The highest BCUT2D eigenvalue weighted by molar-refractivity contribution is 7.92. The zero-order valence-electron chi connectivity index (χ0n) is 17.5. The van der Waals surface area contributed by atoms with Gasteiger partial charge in [-0.15, -0.1) is 0 Å². The molecule has 0 atom stereocenters. The molecule has 3 aromatic rings. The summed E-state index contributed by atoms with van der Waals surface area (Å²) < 4.78 is 51.7. The van der Waals surface area contributed by atoms with E-state index in [-0.39, 0.29) is 32.1 Å². The molecule has 0 saturated carbocycles. The summed E-state index contributed by atoms with van der Waals surface area (Å²) in [5, 5.41) is 2.89. The number of sulfonamides is 1. The number of nitrogens with zero attached hydrogens (tertiary/aromatic N) is 1. The molecule has 174 valence electrons. The predicted molar refractivity (Wildman–Crippen MR) is 126 cm³/mol. The summed E-state index contributed by atoms with van der Waals surface area (Å²) >= 11 is 12.1. The van der Waals surface area contributed by atoms with Crippen molar-refractivity contribution in [2.75, 3.05) is 30.4 Å². The highest BCUT2D eigenvalue weighted by Gasteiger charge is 2.28. The Kier molecular flexibility index (Phi) is 7.68. The smallest absolute Gasteiger partial charge is 0.264 e. The number of amides is 1. The molecule has 0 radical (unpaired) electrons. The lowest BCUT2D eigenvalue weighted by Gasteiger charge is -2.24. The van der Waals surface area contributed by atoms with Crippen LogP contribution in [-0.2, 0) is 14.8 Å². The van der Waals surface area contributed by atoms with Crippen molar-refractivity contribution < 1.29 is 27.1 Å². The number of benzene rings is 3. The van der Waals surface area contributed by atoms with Crippen molar-refractivity contribution in [1.29, 1.82) is 0 Å². The summed E-state index contributed by atoms with van der Waals surface area (Å²) in [6, 6.07) is 13.4. The van der Waals surface area contributed by atoms with Gasteiger partial charge >= 0.3 is 0 Å². The number of hydrogen-bond donors (Lipinski definition) is 1. The van der Waals surface area contributed by atoms with E-state index in [1.165, 1.54) is 50.6 Å². The van der Waals surface area contributed by atoms with Crippen LogP contribution in [0.25, 0.3) is 0 Å². The van der Waals surface area contributed by atoms with Crippen molar-refractivity contribution in [1.82, 2.24) is 0 Å². The van der Waals surface area contributed by atoms with E-state index in [4.69, 9.17) is 32.7 Å². The van der Waals surface area contributed by atoms with Gasteiger partial charge in [0.15, 0.2) is 11.5 Å². The fourth-order valence-corrected chi connectivity index (χ4v) is 4.73. The maximum atomic E-state index is 13.5. The molecule has 0 bridgehead atoms. The van der Waals surface area contributed by atoms with E-state index in [9.17, 15) is 17.6 Å². The zero-order chi connectivity index (χ0) is 24.2. The van der Waals surface area contributed by atoms with Gasteiger partial charge in [0.05, 0.1) is 40.5 Å². The Morgan fingerprint density at radius 2 is 1.67 bits per heavy atom. The molecule has 0 unspecified atom stereocenters. The standard InChI is InChI=1S/C22H19Cl2FN2O5S/c1-31-19-11-10-16(12-20(19)32-2)33(29,30)27(15-8-6-14(25)7-9-15)13-21(28)26-18-5-3-4-17(23)22(18)24/h3-12H,13H2,1-2H3,(H,26,28). The Morgan fingerprint density at radius 1 is 1.00 bits per heavy atom. The third-order valence-corrected chi connectivity index (χ3v) is 7.16. The van der Waals surface area contributed by atoms with E-state index >= 15 is 0 Å². The molecule has 0 aliphatic rings. The zero-order valence-corrected chi connectivity index (χ0v) is 19.8. The Balaban J connectivity index is 2.00. The molecule has 0 heterocycles. The molecule has 0 saturated heterocycles. The molecule has 1 amide bonds. The van der Waals surface area contributed by atoms with E-state index in [2.05, 4.69) is 5.32 Å². The van der Waals surface area contributed by atoms with E-state index in [1.54, 1.807) is 12.1 Å². The Labute approximate surface area is 200 Å². The lowest BCUT2D eigenvalue weighted by atomic mass is 10.3. The summed E-state index contributed by atoms with van der Waals surface area (Å²) in [4.78, 5) is 12.6. The van der Waals surface area contributed by atoms with E-state index in [0.717, 1.165) is 16.4 Å². The molecule has 0 aliphatic carbocycles. The summed E-state index contributed by atoms with van der Waals surface area (Å²) in [6.45, 7) is -0.620. The number of halogens is 3. The number of nitrogens with one attached hydrogen (secondary N) is 1. The minimum atomic E-state index is -4.27. The lowest BCUT2D eigenvalue weighted by molar-refractivity contribution is -0.114. The van der Waals surface area contributed by atoms with Crippen molar-refractivity contribution in [3.8, 4) is 11.5 Å². The molecule has 0 aromatic heterocycles. The van der Waals surface area contributed by atoms with Crippen molar-refractivity contribution in [2.24, 2.45) is 0 Å². The van der Waals surface area contributed by atoms with Gasteiger partial charge in [0.2, 0.25) is 5.91 Å².